The number of hydrogen-bond acceptors (Lipinski definition) is 7. The summed E-state index contributed by atoms with van der Waals surface area (Å²) in [4.78, 5) is 48.3. The van der Waals surface area contributed by atoms with Gasteiger partial charge in [0.25, 0.3) is 5.91 Å². The van der Waals surface area contributed by atoms with Gasteiger partial charge in [-0.15, -0.1) is 0 Å². The highest BCUT2D eigenvalue weighted by atomic mass is 19.2. The van der Waals surface area contributed by atoms with Crippen molar-refractivity contribution in [2.45, 2.75) is 13.0 Å². The molecule has 0 saturated carbocycles. The average molecular weight is 387 g/mol. The Morgan fingerprint density at radius 2 is 1.41 bits per heavy atom. The molecule has 0 bridgehead atoms. The molecule has 0 aliphatic carbocycles. The fraction of sp³-hybridized carbons (Fsp3) is 0.412. The molecule has 0 aliphatic heterocycles. The summed E-state index contributed by atoms with van der Waals surface area (Å²) in [5.41, 5.74) is -0.275. The third-order valence-electron chi connectivity index (χ3n) is 3.89. The maximum atomic E-state index is 13.3. The molecular formula is C17H19F2NO7. The third-order valence-corrected chi connectivity index (χ3v) is 3.89. The van der Waals surface area contributed by atoms with Gasteiger partial charge in [-0.1, -0.05) is 6.92 Å². The molecule has 1 rings (SSSR count). The molecule has 10 heteroatoms. The minimum atomic E-state index is -1.53. The molecule has 0 spiro atoms. The predicted molar refractivity (Wildman–Crippen MR) is 86.3 cm³/mol. The number of carbonyl (C=O) groups is 4. The van der Waals surface area contributed by atoms with Gasteiger partial charge in [0.2, 0.25) is 0 Å². The van der Waals surface area contributed by atoms with Gasteiger partial charge < -0.3 is 19.5 Å². The third kappa shape index (κ3) is 5.22. The average Bonchev–Trinajstić information content (AvgIpc) is 2.66. The summed E-state index contributed by atoms with van der Waals surface area (Å²) in [6.45, 7) is 1.33. The molecule has 2 atom stereocenters. The van der Waals surface area contributed by atoms with Crippen LogP contribution in [0.3, 0.4) is 0 Å². The van der Waals surface area contributed by atoms with Crippen molar-refractivity contribution in [1.82, 2.24) is 5.32 Å². The van der Waals surface area contributed by atoms with Gasteiger partial charge in [0.1, 0.15) is 6.04 Å². The lowest BCUT2D eigenvalue weighted by Gasteiger charge is -2.27. The first-order chi connectivity index (χ1) is 12.7. The lowest BCUT2D eigenvalue weighted by Crippen LogP contribution is -2.51. The topological polar surface area (TPSA) is 108 Å². The van der Waals surface area contributed by atoms with E-state index >= 15 is 0 Å². The van der Waals surface area contributed by atoms with Crippen LogP contribution in [0.5, 0.6) is 0 Å². The lowest BCUT2D eigenvalue weighted by atomic mass is 9.87. The second-order valence-corrected chi connectivity index (χ2v) is 5.49. The van der Waals surface area contributed by atoms with Gasteiger partial charge in [-0.05, 0) is 18.2 Å². The molecule has 0 aromatic heterocycles. The van der Waals surface area contributed by atoms with E-state index in [1.807, 2.05) is 0 Å². The molecule has 1 amide bonds. The van der Waals surface area contributed by atoms with E-state index in [0.29, 0.717) is 6.07 Å². The van der Waals surface area contributed by atoms with Crippen molar-refractivity contribution >= 4 is 23.8 Å². The first-order valence-electron chi connectivity index (χ1n) is 7.67. The molecule has 0 heterocycles. The quantitative estimate of drug-likeness (QED) is 0.419. The van der Waals surface area contributed by atoms with Crippen molar-refractivity contribution in [3.63, 3.8) is 0 Å². The zero-order chi connectivity index (χ0) is 20.7. The summed E-state index contributed by atoms with van der Waals surface area (Å²) >= 11 is 0. The van der Waals surface area contributed by atoms with Gasteiger partial charge in [-0.25, -0.2) is 13.6 Å². The molecule has 27 heavy (non-hydrogen) atoms. The molecular weight excluding hydrogens is 368 g/mol. The number of ether oxygens (including phenoxy) is 3. The Morgan fingerprint density at radius 3 is 1.85 bits per heavy atom. The summed E-state index contributed by atoms with van der Waals surface area (Å²) in [7, 11) is 3.12. The van der Waals surface area contributed by atoms with E-state index in [9.17, 15) is 28.0 Å². The van der Waals surface area contributed by atoms with Gasteiger partial charge >= 0.3 is 17.9 Å². The SMILES string of the molecule is COC(=O)C(C(=O)OC)[C@@H](C)[C@@H](NC(=O)c1ccc(F)c(F)c1)C(=O)OC. The number of carbonyl (C=O) groups excluding carboxylic acids is 4. The van der Waals surface area contributed by atoms with Gasteiger partial charge in [-0.2, -0.15) is 0 Å². The Kier molecular flexibility index (Phi) is 7.82. The Hall–Kier alpha value is -3.04. The van der Waals surface area contributed by atoms with Crippen molar-refractivity contribution in [2.75, 3.05) is 21.3 Å². The van der Waals surface area contributed by atoms with E-state index in [1.54, 1.807) is 0 Å². The Balaban J connectivity index is 3.18. The van der Waals surface area contributed by atoms with Crippen LogP contribution >= 0.6 is 0 Å². The fourth-order valence-electron chi connectivity index (χ4n) is 2.37. The van der Waals surface area contributed by atoms with Crippen LogP contribution in [0.2, 0.25) is 0 Å². The van der Waals surface area contributed by atoms with E-state index in [1.165, 1.54) is 6.92 Å². The first kappa shape index (κ1) is 22.0. The van der Waals surface area contributed by atoms with Crippen LogP contribution < -0.4 is 5.32 Å². The Bertz CT molecular complexity index is 722. The largest absolute Gasteiger partial charge is 0.468 e. The highest BCUT2D eigenvalue weighted by molar-refractivity contribution is 5.99. The van der Waals surface area contributed by atoms with Crippen LogP contribution in [0.4, 0.5) is 8.78 Å². The Morgan fingerprint density at radius 1 is 0.889 bits per heavy atom. The summed E-state index contributed by atoms with van der Waals surface area (Å²) in [5.74, 6) is -8.94. The van der Waals surface area contributed by atoms with Crippen LogP contribution in [-0.2, 0) is 28.6 Å². The fourth-order valence-corrected chi connectivity index (χ4v) is 2.37. The van der Waals surface area contributed by atoms with E-state index < -0.39 is 53.3 Å². The number of nitrogens with one attached hydrogen (secondary N) is 1. The number of rotatable bonds is 7. The maximum Gasteiger partial charge on any atom is 0.328 e. The summed E-state index contributed by atoms with van der Waals surface area (Å²) < 4.78 is 40.0. The molecule has 0 unspecified atom stereocenters. The second kappa shape index (κ2) is 9.60. The molecule has 8 nitrogen and oxygen atoms in total. The zero-order valence-corrected chi connectivity index (χ0v) is 15.1. The van der Waals surface area contributed by atoms with Crippen molar-refractivity contribution in [3.05, 3.63) is 35.4 Å². The van der Waals surface area contributed by atoms with Gasteiger partial charge in [-0.3, -0.25) is 14.4 Å². The van der Waals surface area contributed by atoms with Crippen LogP contribution in [-0.4, -0.2) is 51.2 Å². The van der Waals surface area contributed by atoms with Crippen molar-refractivity contribution in [1.29, 1.82) is 0 Å². The summed E-state index contributed by atoms with van der Waals surface area (Å²) in [5, 5.41) is 2.25. The predicted octanol–water partition coefficient (Wildman–Crippen LogP) is 0.834. The van der Waals surface area contributed by atoms with Crippen molar-refractivity contribution in [3.8, 4) is 0 Å². The molecule has 0 saturated heterocycles. The molecule has 1 aromatic carbocycles. The number of halogens is 2. The smallest absolute Gasteiger partial charge is 0.328 e. The van der Waals surface area contributed by atoms with Crippen molar-refractivity contribution in [2.24, 2.45) is 11.8 Å². The number of methoxy groups -OCH3 is 3. The monoisotopic (exact) mass is 387 g/mol. The maximum absolute atomic E-state index is 13.3. The highest BCUT2D eigenvalue weighted by Crippen LogP contribution is 2.21. The minimum Gasteiger partial charge on any atom is -0.468 e. The van der Waals surface area contributed by atoms with E-state index in [0.717, 1.165) is 33.5 Å². The van der Waals surface area contributed by atoms with E-state index in [2.05, 4.69) is 19.5 Å². The second-order valence-electron chi connectivity index (χ2n) is 5.49. The van der Waals surface area contributed by atoms with Crippen LogP contribution in [0, 0.1) is 23.5 Å². The van der Waals surface area contributed by atoms with Crippen LogP contribution in [0.15, 0.2) is 18.2 Å². The minimum absolute atomic E-state index is 0.275. The van der Waals surface area contributed by atoms with E-state index in [-0.39, 0.29) is 5.56 Å². The summed E-state index contributed by atoms with van der Waals surface area (Å²) in [6, 6.07) is 0.915. The van der Waals surface area contributed by atoms with Gasteiger partial charge in [0.15, 0.2) is 17.6 Å². The first-order valence-corrected chi connectivity index (χ1v) is 7.67. The molecule has 1 N–H and O–H groups in total. The summed E-state index contributed by atoms with van der Waals surface area (Å²) in [6.07, 6.45) is 0. The molecule has 0 radical (unpaired) electrons. The molecule has 1 aromatic rings. The van der Waals surface area contributed by atoms with Crippen molar-refractivity contribution < 1.29 is 42.2 Å². The van der Waals surface area contributed by atoms with Crippen LogP contribution in [0.1, 0.15) is 17.3 Å². The van der Waals surface area contributed by atoms with E-state index in [4.69, 9.17) is 0 Å². The highest BCUT2D eigenvalue weighted by Gasteiger charge is 2.42. The van der Waals surface area contributed by atoms with Crippen LogP contribution in [0.25, 0.3) is 0 Å². The number of esters is 3. The standard InChI is InChI=1S/C17H19F2NO7/c1-8(12(15(22)25-2)16(23)26-3)13(17(24)27-4)20-14(21)9-5-6-10(18)11(19)7-9/h5-8,12-13H,1-4H3,(H,20,21)/t8-,13-/m1/s1. The molecule has 148 valence electrons. The molecule has 0 aliphatic rings. The Labute approximate surface area is 153 Å². The molecule has 0 fully saturated rings. The lowest BCUT2D eigenvalue weighted by molar-refractivity contribution is -0.162. The normalized spacial score (nSPS) is 12.7. The number of hydrogen-bond donors (Lipinski definition) is 1. The van der Waals surface area contributed by atoms with Gasteiger partial charge in [0, 0.05) is 11.5 Å². The van der Waals surface area contributed by atoms with Gasteiger partial charge in [0.05, 0.1) is 21.3 Å². The zero-order valence-electron chi connectivity index (χ0n) is 15.1. The number of benzene rings is 1. The number of amides is 1.